The van der Waals surface area contributed by atoms with Crippen molar-refractivity contribution >= 4 is 0 Å². The molecule has 0 N–H and O–H groups in total. The van der Waals surface area contributed by atoms with Crippen LogP contribution in [0.25, 0.3) is 16.8 Å². The first-order chi connectivity index (χ1) is 11.0. The Morgan fingerprint density at radius 3 is 2.35 bits per heavy atom. The third-order valence-electron chi connectivity index (χ3n) is 3.14. The molecule has 0 amide bonds. The maximum Gasteiger partial charge on any atom is 0.422 e. The molecule has 3 rings (SSSR count). The predicted molar refractivity (Wildman–Crippen MR) is 78.3 cm³/mol. The Labute approximate surface area is 130 Å². The van der Waals surface area contributed by atoms with Gasteiger partial charge in [-0.2, -0.15) is 18.3 Å². The quantitative estimate of drug-likeness (QED) is 0.733. The second-order valence-corrected chi connectivity index (χ2v) is 4.76. The largest absolute Gasteiger partial charge is 0.483 e. The van der Waals surface area contributed by atoms with Crippen LogP contribution < -0.4 is 4.74 Å². The Balaban J connectivity index is 2.03. The number of rotatable bonds is 4. The fourth-order valence-electron chi connectivity index (χ4n) is 2.21. The first kappa shape index (κ1) is 15.1. The Hall–Kier alpha value is -2.83. The predicted octanol–water partition coefficient (Wildman–Crippen LogP) is 3.88. The summed E-state index contributed by atoms with van der Waals surface area (Å²) in [4.78, 5) is 3.90. The fourth-order valence-corrected chi connectivity index (χ4v) is 2.21. The highest BCUT2D eigenvalue weighted by Crippen LogP contribution is 2.34. The molecule has 3 aromatic rings. The van der Waals surface area contributed by atoms with Gasteiger partial charge >= 0.3 is 6.18 Å². The third kappa shape index (κ3) is 3.50. The van der Waals surface area contributed by atoms with Crippen molar-refractivity contribution in [2.75, 3.05) is 6.61 Å². The zero-order chi connectivity index (χ0) is 16.3. The maximum atomic E-state index is 12.4. The number of aromatic nitrogens is 3. The van der Waals surface area contributed by atoms with E-state index in [1.54, 1.807) is 35.0 Å². The summed E-state index contributed by atoms with van der Waals surface area (Å²) in [7, 11) is 0. The Kier molecular flexibility index (Phi) is 4.01. The molecule has 7 heteroatoms. The van der Waals surface area contributed by atoms with E-state index in [1.807, 2.05) is 12.1 Å². The van der Waals surface area contributed by atoms with Crippen molar-refractivity contribution in [1.29, 1.82) is 0 Å². The summed E-state index contributed by atoms with van der Waals surface area (Å²) in [6.45, 7) is -1.34. The second-order valence-electron chi connectivity index (χ2n) is 4.76. The highest BCUT2D eigenvalue weighted by Gasteiger charge is 2.29. The summed E-state index contributed by atoms with van der Waals surface area (Å²) < 4.78 is 43.8. The van der Waals surface area contributed by atoms with Crippen LogP contribution in [0.2, 0.25) is 0 Å². The summed E-state index contributed by atoms with van der Waals surface area (Å²) in [5.74, 6) is 0.164. The first-order valence-corrected chi connectivity index (χ1v) is 6.77. The topological polar surface area (TPSA) is 39.9 Å². The summed E-state index contributed by atoms with van der Waals surface area (Å²) in [5, 5.41) is 4.07. The van der Waals surface area contributed by atoms with Gasteiger partial charge in [0.15, 0.2) is 6.61 Å². The standard InChI is InChI=1S/C16H12F3N3O/c17-16(18,19)9-23-15-8-4-2-6-13(15)12-5-1-3-7-14(12)22-11-20-10-21-22/h1-8,10-11H,9H2. The van der Waals surface area contributed by atoms with Gasteiger partial charge in [0.05, 0.1) is 5.69 Å². The lowest BCUT2D eigenvalue weighted by molar-refractivity contribution is -0.153. The molecule has 118 valence electrons. The van der Waals surface area contributed by atoms with Crippen LogP contribution in [0.5, 0.6) is 5.75 Å². The van der Waals surface area contributed by atoms with Gasteiger partial charge in [-0.1, -0.05) is 36.4 Å². The van der Waals surface area contributed by atoms with Crippen LogP contribution in [0.4, 0.5) is 13.2 Å². The van der Waals surface area contributed by atoms with E-state index in [1.165, 1.54) is 18.7 Å². The highest BCUT2D eigenvalue weighted by molar-refractivity contribution is 5.77. The number of nitrogens with zero attached hydrogens (tertiary/aromatic N) is 3. The van der Waals surface area contributed by atoms with Crippen molar-refractivity contribution in [3.63, 3.8) is 0 Å². The van der Waals surface area contributed by atoms with Crippen molar-refractivity contribution in [2.45, 2.75) is 6.18 Å². The van der Waals surface area contributed by atoms with Crippen LogP contribution in [-0.2, 0) is 0 Å². The molecular formula is C16H12F3N3O. The first-order valence-electron chi connectivity index (χ1n) is 6.77. The van der Waals surface area contributed by atoms with Crippen molar-refractivity contribution in [3.8, 4) is 22.6 Å². The molecule has 0 spiro atoms. The van der Waals surface area contributed by atoms with Gasteiger partial charge in [-0.25, -0.2) is 9.67 Å². The number of ether oxygens (including phenoxy) is 1. The molecule has 1 heterocycles. The normalized spacial score (nSPS) is 11.4. The number of benzene rings is 2. The van der Waals surface area contributed by atoms with Gasteiger partial charge in [0.25, 0.3) is 0 Å². The molecule has 2 aromatic carbocycles. The van der Waals surface area contributed by atoms with E-state index in [0.29, 0.717) is 16.8 Å². The number of halogens is 3. The molecule has 0 aliphatic carbocycles. The lowest BCUT2D eigenvalue weighted by Crippen LogP contribution is -2.19. The van der Waals surface area contributed by atoms with E-state index >= 15 is 0 Å². The molecule has 0 aliphatic rings. The zero-order valence-electron chi connectivity index (χ0n) is 11.9. The molecule has 4 nitrogen and oxygen atoms in total. The average molecular weight is 319 g/mol. The number of hydrogen-bond donors (Lipinski definition) is 0. The van der Waals surface area contributed by atoms with Gasteiger partial charge in [0.1, 0.15) is 18.4 Å². The van der Waals surface area contributed by atoms with Crippen LogP contribution >= 0.6 is 0 Å². The average Bonchev–Trinajstić information content (AvgIpc) is 3.07. The molecule has 0 saturated carbocycles. The lowest BCUT2D eigenvalue weighted by atomic mass is 10.0. The summed E-state index contributed by atoms with van der Waals surface area (Å²) >= 11 is 0. The van der Waals surface area contributed by atoms with Crippen molar-refractivity contribution < 1.29 is 17.9 Å². The molecule has 0 fully saturated rings. The summed E-state index contributed by atoms with van der Waals surface area (Å²) in [6.07, 6.45) is -1.47. The molecule has 0 aliphatic heterocycles. The zero-order valence-corrected chi connectivity index (χ0v) is 11.9. The minimum atomic E-state index is -4.39. The van der Waals surface area contributed by atoms with Crippen LogP contribution in [0.1, 0.15) is 0 Å². The van der Waals surface area contributed by atoms with Crippen LogP contribution in [0.3, 0.4) is 0 Å². The Morgan fingerprint density at radius 1 is 0.957 bits per heavy atom. The van der Waals surface area contributed by atoms with Gasteiger partial charge in [-0.15, -0.1) is 0 Å². The van der Waals surface area contributed by atoms with Gasteiger partial charge in [0.2, 0.25) is 0 Å². The van der Waals surface area contributed by atoms with Crippen LogP contribution in [-0.4, -0.2) is 27.5 Å². The SMILES string of the molecule is FC(F)(F)COc1ccccc1-c1ccccc1-n1cncn1. The van der Waals surface area contributed by atoms with Crippen LogP contribution in [0.15, 0.2) is 61.2 Å². The fraction of sp³-hybridized carbons (Fsp3) is 0.125. The molecule has 0 unspecified atom stereocenters. The molecule has 0 radical (unpaired) electrons. The van der Waals surface area contributed by atoms with E-state index < -0.39 is 12.8 Å². The molecule has 1 aromatic heterocycles. The summed E-state index contributed by atoms with van der Waals surface area (Å²) in [5.41, 5.74) is 1.96. The van der Waals surface area contributed by atoms with Crippen molar-refractivity contribution in [1.82, 2.24) is 14.8 Å². The second kappa shape index (κ2) is 6.12. The van der Waals surface area contributed by atoms with Crippen molar-refractivity contribution in [2.24, 2.45) is 0 Å². The number of hydrogen-bond acceptors (Lipinski definition) is 3. The van der Waals surface area contributed by atoms with E-state index in [-0.39, 0.29) is 5.75 Å². The number of para-hydroxylation sites is 2. The van der Waals surface area contributed by atoms with E-state index in [9.17, 15) is 13.2 Å². The van der Waals surface area contributed by atoms with E-state index in [2.05, 4.69) is 10.1 Å². The Morgan fingerprint density at radius 2 is 1.65 bits per heavy atom. The third-order valence-corrected chi connectivity index (χ3v) is 3.14. The Bertz CT molecular complexity index is 785. The maximum absolute atomic E-state index is 12.4. The number of alkyl halides is 3. The van der Waals surface area contributed by atoms with Gasteiger partial charge in [0, 0.05) is 11.1 Å². The van der Waals surface area contributed by atoms with Gasteiger partial charge < -0.3 is 4.74 Å². The summed E-state index contributed by atoms with van der Waals surface area (Å²) in [6, 6.07) is 13.8. The minimum absolute atomic E-state index is 0.164. The molecule has 0 bridgehead atoms. The van der Waals surface area contributed by atoms with Crippen molar-refractivity contribution in [3.05, 3.63) is 61.2 Å². The molecular weight excluding hydrogens is 307 g/mol. The highest BCUT2D eigenvalue weighted by atomic mass is 19.4. The smallest absolute Gasteiger partial charge is 0.422 e. The van der Waals surface area contributed by atoms with E-state index in [4.69, 9.17) is 4.74 Å². The van der Waals surface area contributed by atoms with Crippen LogP contribution in [0, 0.1) is 0 Å². The van der Waals surface area contributed by atoms with Gasteiger partial charge in [-0.05, 0) is 12.1 Å². The van der Waals surface area contributed by atoms with E-state index in [0.717, 1.165) is 0 Å². The monoisotopic (exact) mass is 319 g/mol. The lowest BCUT2D eigenvalue weighted by Gasteiger charge is -2.15. The molecule has 0 saturated heterocycles. The molecule has 23 heavy (non-hydrogen) atoms. The van der Waals surface area contributed by atoms with Gasteiger partial charge in [-0.3, -0.25) is 0 Å². The molecule has 0 atom stereocenters. The minimum Gasteiger partial charge on any atom is -0.483 e.